The Kier molecular flexibility index (Phi) is 5.02. The quantitative estimate of drug-likeness (QED) is 0.848. The normalized spacial score (nSPS) is 27.2. The minimum atomic E-state index is -0.0682. The molecule has 1 aromatic carbocycles. The summed E-state index contributed by atoms with van der Waals surface area (Å²) in [6.07, 6.45) is 2.91. The Labute approximate surface area is 139 Å². The van der Waals surface area contributed by atoms with E-state index in [4.69, 9.17) is 4.74 Å². The summed E-state index contributed by atoms with van der Waals surface area (Å²) >= 11 is 0. The highest BCUT2D eigenvalue weighted by molar-refractivity contribution is 5.81. The summed E-state index contributed by atoms with van der Waals surface area (Å²) in [5.74, 6) is 1.01. The van der Waals surface area contributed by atoms with Gasteiger partial charge >= 0.3 is 0 Å². The summed E-state index contributed by atoms with van der Waals surface area (Å²) in [6, 6.07) is 10.7. The lowest BCUT2D eigenvalue weighted by Gasteiger charge is -2.40. The molecule has 0 bridgehead atoms. The molecule has 3 rings (SSSR count). The number of hydrogen-bond donors (Lipinski definition) is 2. The minimum Gasteiger partial charge on any atom is -0.381 e. The molecule has 1 aliphatic heterocycles. The van der Waals surface area contributed by atoms with Crippen LogP contribution in [0, 0.1) is 11.8 Å². The Balaban J connectivity index is 1.63. The van der Waals surface area contributed by atoms with Crippen molar-refractivity contribution in [2.75, 3.05) is 19.8 Å². The number of ether oxygens (including phenoxy) is 1. The summed E-state index contributed by atoms with van der Waals surface area (Å²) in [5, 5.41) is 6.97. The van der Waals surface area contributed by atoms with E-state index in [1.54, 1.807) is 0 Å². The van der Waals surface area contributed by atoms with Gasteiger partial charge in [-0.25, -0.2) is 0 Å². The van der Waals surface area contributed by atoms with Crippen molar-refractivity contribution in [1.29, 1.82) is 0 Å². The van der Waals surface area contributed by atoms with Crippen LogP contribution in [0.1, 0.15) is 44.7 Å². The average molecular weight is 316 g/mol. The second-order valence-corrected chi connectivity index (χ2v) is 7.21. The maximum atomic E-state index is 12.2. The smallest absolute Gasteiger partial charge is 0.223 e. The van der Waals surface area contributed by atoms with E-state index in [0.717, 1.165) is 32.5 Å². The van der Waals surface area contributed by atoms with Crippen molar-refractivity contribution >= 4 is 5.91 Å². The molecule has 1 saturated carbocycles. The van der Waals surface area contributed by atoms with Gasteiger partial charge in [-0.1, -0.05) is 37.3 Å². The van der Waals surface area contributed by atoms with Gasteiger partial charge in [0.15, 0.2) is 0 Å². The maximum Gasteiger partial charge on any atom is 0.223 e. The summed E-state index contributed by atoms with van der Waals surface area (Å²) in [4.78, 5) is 12.2. The van der Waals surface area contributed by atoms with Crippen molar-refractivity contribution in [2.45, 2.75) is 44.7 Å². The van der Waals surface area contributed by atoms with E-state index in [9.17, 15) is 4.79 Å². The summed E-state index contributed by atoms with van der Waals surface area (Å²) < 4.78 is 5.54. The molecule has 4 heteroatoms. The van der Waals surface area contributed by atoms with Crippen molar-refractivity contribution in [3.63, 3.8) is 0 Å². The van der Waals surface area contributed by atoms with Crippen LogP contribution in [0.3, 0.4) is 0 Å². The zero-order chi connectivity index (χ0) is 16.3. The Bertz CT molecular complexity index is 525. The number of amides is 1. The highest BCUT2D eigenvalue weighted by atomic mass is 16.5. The molecule has 4 nitrogen and oxygen atoms in total. The lowest BCUT2D eigenvalue weighted by molar-refractivity contribution is -0.123. The molecule has 2 fully saturated rings. The Morgan fingerprint density at radius 3 is 2.57 bits per heavy atom. The monoisotopic (exact) mass is 316 g/mol. The van der Waals surface area contributed by atoms with Gasteiger partial charge < -0.3 is 15.4 Å². The lowest BCUT2D eigenvalue weighted by Crippen LogP contribution is -2.57. The molecule has 0 aromatic heterocycles. The van der Waals surface area contributed by atoms with E-state index in [-0.39, 0.29) is 23.4 Å². The molecule has 126 valence electrons. The van der Waals surface area contributed by atoms with Crippen LogP contribution >= 0.6 is 0 Å². The van der Waals surface area contributed by atoms with Gasteiger partial charge in [0.2, 0.25) is 5.91 Å². The Hall–Kier alpha value is -1.39. The fourth-order valence-corrected chi connectivity index (χ4v) is 3.49. The van der Waals surface area contributed by atoms with Gasteiger partial charge in [-0.3, -0.25) is 4.79 Å². The molecule has 0 spiro atoms. The fraction of sp³-hybridized carbons (Fsp3) is 0.632. The second kappa shape index (κ2) is 7.02. The van der Waals surface area contributed by atoms with E-state index < -0.39 is 0 Å². The van der Waals surface area contributed by atoms with Crippen LogP contribution in [0.4, 0.5) is 0 Å². The number of rotatable bonds is 6. The third-order valence-electron chi connectivity index (χ3n) is 5.32. The van der Waals surface area contributed by atoms with Gasteiger partial charge in [0.1, 0.15) is 0 Å². The third kappa shape index (κ3) is 4.12. The fourth-order valence-electron chi connectivity index (χ4n) is 3.49. The van der Waals surface area contributed by atoms with Crippen molar-refractivity contribution in [1.82, 2.24) is 10.6 Å². The molecule has 2 N–H and O–H groups in total. The van der Waals surface area contributed by atoms with Gasteiger partial charge in [0.25, 0.3) is 0 Å². The number of carbonyl (C=O) groups is 1. The SMILES string of the molecule is C[C@H](NC1(CNC(=O)[C@H]2C[C@H]2C)CCOCC1)c1ccccc1. The van der Waals surface area contributed by atoms with Gasteiger partial charge in [-0.05, 0) is 37.7 Å². The van der Waals surface area contributed by atoms with Crippen LogP contribution in [0.2, 0.25) is 0 Å². The highest BCUT2D eigenvalue weighted by Crippen LogP contribution is 2.37. The van der Waals surface area contributed by atoms with Crippen molar-refractivity contribution in [3.05, 3.63) is 35.9 Å². The Morgan fingerprint density at radius 2 is 1.96 bits per heavy atom. The van der Waals surface area contributed by atoms with Crippen molar-refractivity contribution < 1.29 is 9.53 Å². The number of hydrogen-bond acceptors (Lipinski definition) is 3. The van der Waals surface area contributed by atoms with Gasteiger partial charge in [0, 0.05) is 37.3 Å². The number of benzene rings is 1. The molecule has 1 amide bonds. The average Bonchev–Trinajstić information content (AvgIpc) is 3.31. The predicted molar refractivity (Wildman–Crippen MR) is 91.1 cm³/mol. The summed E-state index contributed by atoms with van der Waals surface area (Å²) in [7, 11) is 0. The zero-order valence-corrected chi connectivity index (χ0v) is 14.2. The molecule has 1 aromatic rings. The van der Waals surface area contributed by atoms with E-state index in [1.807, 2.05) is 6.07 Å². The minimum absolute atomic E-state index is 0.0682. The summed E-state index contributed by atoms with van der Waals surface area (Å²) in [6.45, 7) is 6.53. The van der Waals surface area contributed by atoms with Crippen LogP contribution in [0.15, 0.2) is 30.3 Å². The van der Waals surface area contributed by atoms with Crippen molar-refractivity contribution in [3.8, 4) is 0 Å². The molecule has 23 heavy (non-hydrogen) atoms. The second-order valence-electron chi connectivity index (χ2n) is 7.21. The first-order chi connectivity index (χ1) is 11.1. The van der Waals surface area contributed by atoms with Crippen LogP contribution in [0.5, 0.6) is 0 Å². The molecule has 1 aliphatic carbocycles. The zero-order valence-electron chi connectivity index (χ0n) is 14.2. The van der Waals surface area contributed by atoms with E-state index >= 15 is 0 Å². The number of carbonyl (C=O) groups excluding carboxylic acids is 1. The third-order valence-corrected chi connectivity index (χ3v) is 5.32. The van der Waals surface area contributed by atoms with Crippen LogP contribution in [0.25, 0.3) is 0 Å². The van der Waals surface area contributed by atoms with E-state index in [1.165, 1.54) is 5.56 Å². The molecule has 1 saturated heterocycles. The van der Waals surface area contributed by atoms with Gasteiger partial charge in [0.05, 0.1) is 0 Å². The lowest BCUT2D eigenvalue weighted by atomic mass is 9.88. The van der Waals surface area contributed by atoms with Crippen molar-refractivity contribution in [2.24, 2.45) is 11.8 Å². The molecular weight excluding hydrogens is 288 g/mol. The highest BCUT2D eigenvalue weighted by Gasteiger charge is 2.41. The first-order valence-corrected chi connectivity index (χ1v) is 8.78. The molecule has 3 atom stereocenters. The van der Waals surface area contributed by atoms with Crippen LogP contribution in [-0.4, -0.2) is 31.2 Å². The molecule has 0 unspecified atom stereocenters. The molecule has 0 radical (unpaired) electrons. The van der Waals surface area contributed by atoms with Gasteiger partial charge in [-0.2, -0.15) is 0 Å². The number of nitrogens with one attached hydrogen (secondary N) is 2. The first kappa shape index (κ1) is 16.5. The first-order valence-electron chi connectivity index (χ1n) is 8.78. The van der Waals surface area contributed by atoms with E-state index in [0.29, 0.717) is 12.5 Å². The maximum absolute atomic E-state index is 12.2. The molecule has 2 aliphatic rings. The summed E-state index contributed by atoms with van der Waals surface area (Å²) in [5.41, 5.74) is 1.21. The standard InChI is InChI=1S/C19H28N2O2/c1-14-12-17(14)18(22)20-13-19(8-10-23-11-9-19)21-15(2)16-6-4-3-5-7-16/h3-7,14-15,17,21H,8-13H2,1-2H3,(H,20,22)/t14-,15+,17+/m1/s1. The topological polar surface area (TPSA) is 50.4 Å². The van der Waals surface area contributed by atoms with Gasteiger partial charge in [-0.15, -0.1) is 0 Å². The Morgan fingerprint density at radius 1 is 1.30 bits per heavy atom. The van der Waals surface area contributed by atoms with Crippen LogP contribution < -0.4 is 10.6 Å². The largest absolute Gasteiger partial charge is 0.381 e. The van der Waals surface area contributed by atoms with E-state index in [2.05, 4.69) is 48.7 Å². The van der Waals surface area contributed by atoms with Crippen LogP contribution in [-0.2, 0) is 9.53 Å². The predicted octanol–water partition coefficient (Wildman–Crippen LogP) is 2.66. The molecule has 1 heterocycles. The molecular formula is C19H28N2O2.